The van der Waals surface area contributed by atoms with Crippen molar-refractivity contribution in [2.75, 3.05) is 0 Å². The van der Waals surface area contributed by atoms with Crippen molar-refractivity contribution in [3.05, 3.63) is 36.5 Å². The molecule has 0 bridgehead atoms. The summed E-state index contributed by atoms with van der Waals surface area (Å²) in [5, 5.41) is 8.29. The average molecular weight is 398 g/mol. The van der Waals surface area contributed by atoms with Crippen LogP contribution in [0.4, 0.5) is 0 Å². The maximum absolute atomic E-state index is 8.29. The van der Waals surface area contributed by atoms with E-state index in [9.17, 15) is 0 Å². The van der Waals surface area contributed by atoms with Gasteiger partial charge in [-0.25, -0.2) is 0 Å². The van der Waals surface area contributed by atoms with Gasteiger partial charge in [0.25, 0.3) is 0 Å². The van der Waals surface area contributed by atoms with Crippen LogP contribution < -0.4 is 0 Å². The lowest BCUT2D eigenvalue weighted by Crippen LogP contribution is -2.40. The molecule has 6 unspecified atom stereocenters. The molecule has 164 valence electrons. The molecule has 5 aliphatic carbocycles. The first-order valence-corrected chi connectivity index (χ1v) is 12.4. The van der Waals surface area contributed by atoms with Gasteiger partial charge >= 0.3 is 0 Å². The van der Waals surface area contributed by atoms with Crippen molar-refractivity contribution < 1.29 is 0 Å². The summed E-state index contributed by atoms with van der Waals surface area (Å²) in [7, 11) is 0. The van der Waals surface area contributed by atoms with Crippen molar-refractivity contribution in [1.29, 1.82) is 5.41 Å². The lowest BCUT2D eigenvalue weighted by molar-refractivity contribution is 0.0524. The summed E-state index contributed by atoms with van der Waals surface area (Å²) in [5.41, 5.74) is 5.77. The highest BCUT2D eigenvalue weighted by molar-refractivity contribution is 5.82. The molecule has 0 saturated heterocycles. The van der Waals surface area contributed by atoms with Gasteiger partial charge in [0.05, 0.1) is 0 Å². The van der Waals surface area contributed by atoms with Crippen LogP contribution in [0.15, 0.2) is 36.5 Å². The van der Waals surface area contributed by atoms with E-state index in [-0.39, 0.29) is 0 Å². The van der Waals surface area contributed by atoms with Gasteiger partial charge in [-0.3, -0.25) is 0 Å². The van der Waals surface area contributed by atoms with Gasteiger partial charge in [0.15, 0.2) is 0 Å². The zero-order valence-corrected chi connectivity index (χ0v) is 20.5. The van der Waals surface area contributed by atoms with Gasteiger partial charge < -0.3 is 5.41 Å². The highest BCUT2D eigenvalue weighted by Crippen LogP contribution is 2.91. The Labute approximate surface area is 181 Å². The minimum atomic E-state index is 0.426. The van der Waals surface area contributed by atoms with E-state index in [1.165, 1.54) is 56.9 Å². The molecule has 4 saturated carbocycles. The predicted octanol–water partition coefficient (Wildman–Crippen LogP) is 8.77. The van der Waals surface area contributed by atoms with E-state index in [2.05, 4.69) is 33.1 Å². The minimum Gasteiger partial charge on any atom is -0.310 e. The molecule has 4 fully saturated rings. The van der Waals surface area contributed by atoms with Crippen molar-refractivity contribution in [1.82, 2.24) is 0 Å². The summed E-state index contributed by atoms with van der Waals surface area (Å²) in [6.45, 7) is 22.1. The lowest BCUT2D eigenvalue weighted by Gasteiger charge is -2.45. The highest BCUT2D eigenvalue weighted by atomic mass is 14.9. The minimum absolute atomic E-state index is 0.426. The zero-order chi connectivity index (χ0) is 22.0. The first kappa shape index (κ1) is 24.2. The van der Waals surface area contributed by atoms with Crippen LogP contribution in [0, 0.1) is 39.4 Å². The fourth-order valence-corrected chi connectivity index (χ4v) is 8.47. The van der Waals surface area contributed by atoms with Gasteiger partial charge in [0.2, 0.25) is 0 Å². The second-order valence-corrected chi connectivity index (χ2v) is 9.71. The second kappa shape index (κ2) is 8.94. The second-order valence-electron chi connectivity index (χ2n) is 9.71. The standard InChI is InChI=1S/C21H29N.C3H6.2C2H6/c1-13-6-10-20-15(12-13)7-11-21(20)17-5-4-16(14(2)22)19(17,3)9-8-18(20)21;1-3-2;2*1-2/h12,16-18,22H,1,4-11H2,2-3H3;3H,1H2,2H3;2*1-2H3. The van der Waals surface area contributed by atoms with Crippen LogP contribution >= 0.6 is 0 Å². The molecule has 5 rings (SSSR count). The third-order valence-corrected chi connectivity index (χ3v) is 9.02. The Bertz CT molecular complexity index is 670. The normalized spacial score (nSPS) is 42.5. The first-order valence-electron chi connectivity index (χ1n) is 12.4. The van der Waals surface area contributed by atoms with Crippen LogP contribution in [-0.4, -0.2) is 5.71 Å². The zero-order valence-electron chi connectivity index (χ0n) is 20.5. The van der Waals surface area contributed by atoms with E-state index >= 15 is 0 Å². The molecule has 1 nitrogen and oxygen atoms in total. The summed E-state index contributed by atoms with van der Waals surface area (Å²) < 4.78 is 0. The topological polar surface area (TPSA) is 23.9 Å². The van der Waals surface area contributed by atoms with Gasteiger partial charge in [0.1, 0.15) is 0 Å². The molecule has 2 spiro atoms. The van der Waals surface area contributed by atoms with Crippen molar-refractivity contribution in [3.63, 3.8) is 0 Å². The summed E-state index contributed by atoms with van der Waals surface area (Å²) in [4.78, 5) is 0. The highest BCUT2D eigenvalue weighted by Gasteiger charge is 2.84. The lowest BCUT2D eigenvalue weighted by atomic mass is 9.59. The Morgan fingerprint density at radius 2 is 1.66 bits per heavy atom. The molecule has 0 aromatic rings. The number of hydrogen-bond donors (Lipinski definition) is 1. The van der Waals surface area contributed by atoms with Crippen molar-refractivity contribution in [2.45, 2.75) is 99.8 Å². The maximum Gasteiger partial charge on any atom is 0.00946 e. The molecule has 0 aromatic heterocycles. The fraction of sp³-hybridized carbons (Fsp3) is 0.750. The van der Waals surface area contributed by atoms with Gasteiger partial charge in [-0.2, -0.15) is 0 Å². The van der Waals surface area contributed by atoms with E-state index < -0.39 is 0 Å². The average Bonchev–Trinajstić information content (AvgIpc) is 2.95. The van der Waals surface area contributed by atoms with Crippen LogP contribution in [0.25, 0.3) is 0 Å². The van der Waals surface area contributed by atoms with Crippen LogP contribution in [0.2, 0.25) is 0 Å². The summed E-state index contributed by atoms with van der Waals surface area (Å²) in [5.74, 6) is 2.44. The van der Waals surface area contributed by atoms with Gasteiger partial charge in [0, 0.05) is 17.0 Å². The molecule has 6 atom stereocenters. The monoisotopic (exact) mass is 397 g/mol. The molecule has 29 heavy (non-hydrogen) atoms. The quantitative estimate of drug-likeness (QED) is 0.338. The van der Waals surface area contributed by atoms with Crippen molar-refractivity contribution in [3.8, 4) is 0 Å². The maximum atomic E-state index is 8.29. The fourth-order valence-electron chi connectivity index (χ4n) is 8.47. The molecule has 1 N–H and O–H groups in total. The van der Waals surface area contributed by atoms with E-state index in [1.54, 1.807) is 11.6 Å². The predicted molar refractivity (Wildman–Crippen MR) is 130 cm³/mol. The van der Waals surface area contributed by atoms with Crippen LogP contribution in [0.5, 0.6) is 0 Å². The number of fused-ring (bicyclic) bond motifs is 1. The Kier molecular flexibility index (Phi) is 7.45. The Morgan fingerprint density at radius 3 is 2.24 bits per heavy atom. The molecular formula is C28H47N. The molecule has 0 heterocycles. The Morgan fingerprint density at radius 1 is 1.03 bits per heavy atom. The molecule has 0 radical (unpaired) electrons. The summed E-state index contributed by atoms with van der Waals surface area (Å²) >= 11 is 0. The van der Waals surface area contributed by atoms with E-state index in [4.69, 9.17) is 5.41 Å². The van der Waals surface area contributed by atoms with Gasteiger partial charge in [-0.05, 0) is 87.9 Å². The Balaban J connectivity index is 0.000000387. The molecule has 1 heteroatoms. The Hall–Kier alpha value is -1.11. The first-order chi connectivity index (χ1) is 13.9. The summed E-state index contributed by atoms with van der Waals surface area (Å²) in [6.07, 6.45) is 15.1. The van der Waals surface area contributed by atoms with Crippen molar-refractivity contribution >= 4 is 5.71 Å². The number of allylic oxidation sites excluding steroid dienone is 4. The van der Waals surface area contributed by atoms with E-state index in [1.807, 2.05) is 34.6 Å². The number of nitrogens with one attached hydrogen (secondary N) is 1. The molecular weight excluding hydrogens is 350 g/mol. The molecule has 0 amide bonds. The van der Waals surface area contributed by atoms with Crippen LogP contribution in [0.3, 0.4) is 0 Å². The van der Waals surface area contributed by atoms with E-state index in [0.29, 0.717) is 22.2 Å². The molecule has 0 aliphatic heterocycles. The SMILES string of the molecule is C=C1C=C2CCC34C5CCC(C(C)=N)C5(C)CCC3C24CC1.C=CC.CC.CC. The third kappa shape index (κ3) is 3.14. The van der Waals surface area contributed by atoms with Crippen LogP contribution in [-0.2, 0) is 0 Å². The van der Waals surface area contributed by atoms with Gasteiger partial charge in [-0.1, -0.05) is 64.5 Å². The number of hydrogen-bond acceptors (Lipinski definition) is 1. The third-order valence-electron chi connectivity index (χ3n) is 9.02. The van der Waals surface area contributed by atoms with E-state index in [0.717, 1.165) is 17.5 Å². The summed E-state index contributed by atoms with van der Waals surface area (Å²) in [6, 6.07) is 0. The molecule has 5 aliphatic rings. The molecule has 0 aromatic carbocycles. The largest absolute Gasteiger partial charge is 0.310 e. The van der Waals surface area contributed by atoms with Gasteiger partial charge in [-0.15, -0.1) is 6.58 Å². The number of rotatable bonds is 1. The van der Waals surface area contributed by atoms with Crippen LogP contribution in [0.1, 0.15) is 99.8 Å². The smallest absolute Gasteiger partial charge is 0.00946 e. The van der Waals surface area contributed by atoms with Crippen molar-refractivity contribution in [2.24, 2.45) is 34.0 Å².